The van der Waals surface area contributed by atoms with E-state index in [1.54, 1.807) is 0 Å². The van der Waals surface area contributed by atoms with Gasteiger partial charge in [-0.1, -0.05) is 50.3 Å². The van der Waals surface area contributed by atoms with Crippen molar-refractivity contribution in [1.29, 1.82) is 0 Å². The van der Waals surface area contributed by atoms with Gasteiger partial charge in [-0.15, -0.1) is 0 Å². The van der Waals surface area contributed by atoms with Crippen LogP contribution in [0, 0.1) is 0 Å². The molecule has 2 aliphatic heterocycles. The number of rotatable bonds is 7. The van der Waals surface area contributed by atoms with Crippen LogP contribution in [0.4, 0.5) is 11.4 Å². The first kappa shape index (κ1) is 22.2. The number of nitrogens with zero attached hydrogens (tertiary/aromatic N) is 2. The molecule has 0 saturated carbocycles. The van der Waals surface area contributed by atoms with E-state index >= 15 is 0 Å². The molecule has 2 aromatic carbocycles. The first-order valence-electron chi connectivity index (χ1n) is 10.3. The molecular formula is C23H28N2O4S2. The van der Waals surface area contributed by atoms with E-state index in [-0.39, 0.29) is 5.41 Å². The number of hydrogen-bond donors (Lipinski definition) is 1. The van der Waals surface area contributed by atoms with E-state index in [0.717, 1.165) is 17.8 Å². The van der Waals surface area contributed by atoms with Crippen molar-refractivity contribution in [3.05, 3.63) is 65.7 Å². The molecule has 1 fully saturated rings. The first-order valence-corrected chi connectivity index (χ1v) is 13.2. The van der Waals surface area contributed by atoms with Crippen LogP contribution in [0.25, 0.3) is 6.08 Å². The Hall–Kier alpha value is -2.00. The summed E-state index contributed by atoms with van der Waals surface area (Å²) < 4.78 is 36.9. The smallest absolute Gasteiger partial charge is 0.319 e. The van der Waals surface area contributed by atoms with Crippen LogP contribution < -0.4 is 9.80 Å². The maximum Gasteiger partial charge on any atom is 0.319 e. The van der Waals surface area contributed by atoms with Crippen LogP contribution >= 0.6 is 10.8 Å². The number of para-hydroxylation sites is 1. The van der Waals surface area contributed by atoms with Gasteiger partial charge in [0.1, 0.15) is 0 Å². The van der Waals surface area contributed by atoms with Crippen molar-refractivity contribution in [3.63, 3.8) is 0 Å². The summed E-state index contributed by atoms with van der Waals surface area (Å²) in [7, 11) is -1.56. The van der Waals surface area contributed by atoms with Crippen LogP contribution in [-0.2, 0) is 19.3 Å². The first-order chi connectivity index (χ1) is 14.6. The molecule has 31 heavy (non-hydrogen) atoms. The lowest BCUT2D eigenvalue weighted by Crippen LogP contribution is -2.51. The number of fused-ring (bicyclic) bond motifs is 3. The number of hydrogen-bond acceptors (Lipinski definition) is 6. The molecule has 0 amide bonds. The normalized spacial score (nSPS) is 22.0. The molecule has 1 saturated heterocycles. The summed E-state index contributed by atoms with van der Waals surface area (Å²) >= 11 is 0. The topological polar surface area (TPSA) is 70.1 Å². The molecule has 0 aliphatic carbocycles. The zero-order valence-corrected chi connectivity index (χ0v) is 19.6. The highest BCUT2D eigenvalue weighted by molar-refractivity contribution is 8.69. The Labute approximate surface area is 188 Å². The summed E-state index contributed by atoms with van der Waals surface area (Å²) in [6.45, 7) is 6.57. The van der Waals surface area contributed by atoms with Gasteiger partial charge in [0.15, 0.2) is 5.72 Å². The van der Waals surface area contributed by atoms with Gasteiger partial charge >= 0.3 is 9.15 Å². The number of anilines is 2. The van der Waals surface area contributed by atoms with E-state index in [4.69, 9.17) is 9.29 Å². The van der Waals surface area contributed by atoms with Crippen LogP contribution in [0.3, 0.4) is 0 Å². The summed E-state index contributed by atoms with van der Waals surface area (Å²) in [5.41, 5.74) is 3.92. The summed E-state index contributed by atoms with van der Waals surface area (Å²) in [6.07, 6.45) is 4.30. The molecule has 1 atom stereocenters. The predicted octanol–water partition coefficient (Wildman–Crippen LogP) is 4.20. The molecule has 0 bridgehead atoms. The third kappa shape index (κ3) is 4.09. The Kier molecular flexibility index (Phi) is 5.85. The van der Waals surface area contributed by atoms with Gasteiger partial charge in [0.2, 0.25) is 0 Å². The van der Waals surface area contributed by atoms with Gasteiger partial charge in [0, 0.05) is 42.7 Å². The summed E-state index contributed by atoms with van der Waals surface area (Å²) in [5, 5.41) is 0. The highest BCUT2D eigenvalue weighted by Gasteiger charge is 2.58. The monoisotopic (exact) mass is 460 g/mol. The van der Waals surface area contributed by atoms with Crippen LogP contribution in [0.1, 0.15) is 25.0 Å². The molecule has 1 N–H and O–H groups in total. The van der Waals surface area contributed by atoms with Gasteiger partial charge < -0.3 is 14.5 Å². The van der Waals surface area contributed by atoms with Gasteiger partial charge in [0.05, 0.1) is 6.61 Å². The van der Waals surface area contributed by atoms with Crippen molar-refractivity contribution in [3.8, 4) is 0 Å². The van der Waals surface area contributed by atoms with Crippen molar-refractivity contribution in [2.75, 3.05) is 42.3 Å². The fraction of sp³-hybridized carbons (Fsp3) is 0.391. The molecule has 0 radical (unpaired) electrons. The second kappa shape index (κ2) is 8.16. The van der Waals surface area contributed by atoms with Crippen molar-refractivity contribution >= 4 is 37.4 Å². The van der Waals surface area contributed by atoms with Crippen LogP contribution in [0.5, 0.6) is 0 Å². The minimum absolute atomic E-state index is 0.179. The van der Waals surface area contributed by atoms with Crippen molar-refractivity contribution < 1.29 is 17.7 Å². The Morgan fingerprint density at radius 2 is 1.90 bits per heavy atom. The second-order valence-corrected chi connectivity index (χ2v) is 11.9. The summed E-state index contributed by atoms with van der Waals surface area (Å²) in [4.78, 5) is 4.33. The molecule has 166 valence electrons. The van der Waals surface area contributed by atoms with Gasteiger partial charge in [0.25, 0.3) is 0 Å². The minimum Gasteiger partial charge on any atom is -0.374 e. The fourth-order valence-corrected chi connectivity index (χ4v) is 6.00. The summed E-state index contributed by atoms with van der Waals surface area (Å²) in [5.74, 6) is 0.294. The second-order valence-electron chi connectivity index (χ2n) is 8.43. The van der Waals surface area contributed by atoms with Gasteiger partial charge in [-0.3, -0.25) is 4.55 Å². The number of ether oxygens (including phenoxy) is 1. The molecule has 6 nitrogen and oxygen atoms in total. The lowest BCUT2D eigenvalue weighted by molar-refractivity contribution is 0.000337. The van der Waals surface area contributed by atoms with Crippen LogP contribution in [0.2, 0.25) is 0 Å². The van der Waals surface area contributed by atoms with E-state index in [0.29, 0.717) is 29.7 Å². The van der Waals surface area contributed by atoms with E-state index in [9.17, 15) is 8.42 Å². The lowest BCUT2D eigenvalue weighted by atomic mass is 9.77. The quantitative estimate of drug-likeness (QED) is 0.491. The summed E-state index contributed by atoms with van der Waals surface area (Å²) in [6, 6.07) is 16.6. The molecule has 1 unspecified atom stereocenters. The van der Waals surface area contributed by atoms with Gasteiger partial charge in [-0.05, 0) is 46.2 Å². The Morgan fingerprint density at radius 1 is 1.19 bits per heavy atom. The third-order valence-corrected chi connectivity index (χ3v) is 8.34. The minimum atomic E-state index is -4.00. The third-order valence-electron chi connectivity index (χ3n) is 6.30. The molecule has 2 aromatic rings. The van der Waals surface area contributed by atoms with E-state index in [2.05, 4.69) is 55.2 Å². The van der Waals surface area contributed by atoms with E-state index in [1.165, 1.54) is 11.3 Å². The zero-order chi connectivity index (χ0) is 22.3. The largest absolute Gasteiger partial charge is 0.374 e. The highest BCUT2D eigenvalue weighted by atomic mass is 33.1. The molecule has 0 aromatic heterocycles. The average molecular weight is 461 g/mol. The fourth-order valence-electron chi connectivity index (χ4n) is 4.59. The Morgan fingerprint density at radius 3 is 2.61 bits per heavy atom. The molecule has 0 spiro atoms. The predicted molar refractivity (Wildman–Crippen MR) is 128 cm³/mol. The molecule has 4 rings (SSSR count). The van der Waals surface area contributed by atoms with Gasteiger partial charge in [-0.2, -0.15) is 8.42 Å². The molecule has 2 heterocycles. The Balaban J connectivity index is 1.50. The van der Waals surface area contributed by atoms with Crippen molar-refractivity contribution in [1.82, 2.24) is 0 Å². The SMILES string of the molecule is CN(CCSS(=O)(=O)O)c1ccc(/C=C/C23OCCN2c2ccccc2C3(C)C)cc1. The Bertz CT molecular complexity index is 1080. The molecule has 2 aliphatic rings. The zero-order valence-electron chi connectivity index (χ0n) is 18.0. The lowest BCUT2D eigenvalue weighted by Gasteiger charge is -2.39. The van der Waals surface area contributed by atoms with Crippen LogP contribution in [0.15, 0.2) is 54.6 Å². The highest BCUT2D eigenvalue weighted by Crippen LogP contribution is 2.54. The maximum atomic E-state index is 10.8. The standard InChI is InChI=1S/C23H28N2O4S2/c1-22(2)20-6-4-5-7-21(20)25-14-16-29-23(22,25)13-12-18-8-10-19(11-9-18)24(3)15-17-30-31(26,27)28/h4-13H,14-17H2,1-3H3,(H,26,27,28)/b13-12+. The van der Waals surface area contributed by atoms with Gasteiger partial charge in [-0.25, -0.2) is 0 Å². The number of benzene rings is 2. The van der Waals surface area contributed by atoms with Crippen molar-refractivity contribution in [2.45, 2.75) is 25.0 Å². The van der Waals surface area contributed by atoms with E-state index < -0.39 is 14.9 Å². The van der Waals surface area contributed by atoms with E-state index in [1.807, 2.05) is 36.2 Å². The molecule has 8 heteroatoms. The van der Waals surface area contributed by atoms with Crippen LogP contribution in [-0.4, -0.2) is 51.2 Å². The maximum absolute atomic E-state index is 10.8. The molecular weight excluding hydrogens is 432 g/mol. The van der Waals surface area contributed by atoms with Crippen molar-refractivity contribution in [2.24, 2.45) is 0 Å². The average Bonchev–Trinajstić information content (AvgIpc) is 3.23.